The molecule has 0 aliphatic carbocycles. The van der Waals surface area contributed by atoms with E-state index in [9.17, 15) is 9.59 Å². The van der Waals surface area contributed by atoms with Crippen LogP contribution in [0.15, 0.2) is 51.9 Å². The number of amides is 1. The van der Waals surface area contributed by atoms with E-state index in [1.54, 1.807) is 35.0 Å². The lowest BCUT2D eigenvalue weighted by Gasteiger charge is -2.30. The van der Waals surface area contributed by atoms with Gasteiger partial charge in [-0.25, -0.2) is 4.98 Å². The standard InChI is InChI=1S/C22H27N3O4/c1-4-8-20(26)25(15-17-9-7-13-29-17)16(2)21-23-19-11-6-5-10-18(19)22(27)24(21)12-14-28-3/h5-7,9-11,13,16H,4,8,12,14-15H2,1-3H3. The fourth-order valence-corrected chi connectivity index (χ4v) is 3.41. The number of ether oxygens (including phenoxy) is 1. The van der Waals surface area contributed by atoms with E-state index in [-0.39, 0.29) is 11.5 Å². The number of nitrogens with zero attached hydrogens (tertiary/aromatic N) is 3. The van der Waals surface area contributed by atoms with Crippen LogP contribution < -0.4 is 5.56 Å². The molecule has 29 heavy (non-hydrogen) atoms. The van der Waals surface area contributed by atoms with Crippen LogP contribution in [0.25, 0.3) is 10.9 Å². The number of fused-ring (bicyclic) bond motifs is 1. The minimum Gasteiger partial charge on any atom is -0.467 e. The Morgan fingerprint density at radius 3 is 2.76 bits per heavy atom. The Morgan fingerprint density at radius 2 is 2.07 bits per heavy atom. The molecular formula is C22H27N3O4. The van der Waals surface area contributed by atoms with Crippen LogP contribution in [-0.4, -0.2) is 34.1 Å². The summed E-state index contributed by atoms with van der Waals surface area (Å²) in [6.45, 7) is 4.93. The fraction of sp³-hybridized carbons (Fsp3) is 0.409. The average molecular weight is 397 g/mol. The number of para-hydroxylation sites is 1. The molecule has 3 aromatic rings. The Balaban J connectivity index is 2.08. The number of aromatic nitrogens is 2. The van der Waals surface area contributed by atoms with E-state index in [1.165, 1.54) is 0 Å². The molecule has 7 nitrogen and oxygen atoms in total. The first-order valence-electron chi connectivity index (χ1n) is 9.87. The van der Waals surface area contributed by atoms with Crippen LogP contribution in [-0.2, 0) is 22.6 Å². The van der Waals surface area contributed by atoms with Crippen molar-refractivity contribution in [3.8, 4) is 0 Å². The zero-order valence-electron chi connectivity index (χ0n) is 17.1. The number of methoxy groups -OCH3 is 1. The summed E-state index contributed by atoms with van der Waals surface area (Å²) in [6.07, 6.45) is 2.74. The zero-order valence-corrected chi connectivity index (χ0v) is 17.1. The summed E-state index contributed by atoms with van der Waals surface area (Å²) in [5.41, 5.74) is 0.490. The molecule has 0 saturated heterocycles. The summed E-state index contributed by atoms with van der Waals surface area (Å²) in [7, 11) is 1.59. The largest absolute Gasteiger partial charge is 0.467 e. The molecule has 0 saturated carbocycles. The van der Waals surface area contributed by atoms with Gasteiger partial charge in [0.15, 0.2) is 0 Å². The van der Waals surface area contributed by atoms with Gasteiger partial charge in [-0.05, 0) is 37.6 Å². The van der Waals surface area contributed by atoms with Gasteiger partial charge in [0.05, 0.1) is 42.9 Å². The summed E-state index contributed by atoms with van der Waals surface area (Å²) < 4.78 is 12.3. The van der Waals surface area contributed by atoms with Crippen LogP contribution >= 0.6 is 0 Å². The smallest absolute Gasteiger partial charge is 0.261 e. The van der Waals surface area contributed by atoms with Crippen LogP contribution in [0.1, 0.15) is 44.3 Å². The first-order valence-corrected chi connectivity index (χ1v) is 9.87. The Labute approximate surface area is 169 Å². The number of carbonyl (C=O) groups excluding carboxylic acids is 1. The highest BCUT2D eigenvalue weighted by atomic mass is 16.5. The Bertz CT molecular complexity index is 1010. The molecule has 0 aliphatic rings. The average Bonchev–Trinajstić information content (AvgIpc) is 3.24. The second-order valence-corrected chi connectivity index (χ2v) is 6.96. The van der Waals surface area contributed by atoms with Gasteiger partial charge in [-0.2, -0.15) is 0 Å². The molecule has 0 spiro atoms. The van der Waals surface area contributed by atoms with E-state index in [0.29, 0.717) is 48.6 Å². The van der Waals surface area contributed by atoms with Crippen LogP contribution in [0, 0.1) is 0 Å². The van der Waals surface area contributed by atoms with Crippen molar-refractivity contribution < 1.29 is 13.9 Å². The quantitative estimate of drug-likeness (QED) is 0.552. The van der Waals surface area contributed by atoms with Crippen molar-refractivity contribution in [2.45, 2.75) is 45.8 Å². The number of furan rings is 1. The molecule has 2 aromatic heterocycles. The normalized spacial score (nSPS) is 12.2. The van der Waals surface area contributed by atoms with Crippen molar-refractivity contribution in [3.05, 3.63) is 64.6 Å². The fourth-order valence-electron chi connectivity index (χ4n) is 3.41. The van der Waals surface area contributed by atoms with Crippen molar-refractivity contribution in [3.63, 3.8) is 0 Å². The van der Waals surface area contributed by atoms with Crippen molar-refractivity contribution >= 4 is 16.8 Å². The lowest BCUT2D eigenvalue weighted by atomic mass is 10.1. The van der Waals surface area contributed by atoms with Gasteiger partial charge in [0, 0.05) is 13.5 Å². The van der Waals surface area contributed by atoms with Crippen LogP contribution in [0.4, 0.5) is 0 Å². The maximum absolute atomic E-state index is 13.1. The highest BCUT2D eigenvalue weighted by Gasteiger charge is 2.26. The molecule has 1 aromatic carbocycles. The van der Waals surface area contributed by atoms with Crippen LogP contribution in [0.2, 0.25) is 0 Å². The van der Waals surface area contributed by atoms with Gasteiger partial charge in [0.2, 0.25) is 5.91 Å². The highest BCUT2D eigenvalue weighted by molar-refractivity contribution is 5.78. The lowest BCUT2D eigenvalue weighted by molar-refractivity contribution is -0.134. The molecule has 1 amide bonds. The molecule has 0 bridgehead atoms. The molecule has 0 aliphatic heterocycles. The van der Waals surface area contributed by atoms with Crippen LogP contribution in [0.5, 0.6) is 0 Å². The van der Waals surface area contributed by atoms with Gasteiger partial charge in [0.1, 0.15) is 11.6 Å². The van der Waals surface area contributed by atoms with Crippen molar-refractivity contribution in [1.82, 2.24) is 14.5 Å². The molecule has 0 radical (unpaired) electrons. The van der Waals surface area contributed by atoms with Crippen molar-refractivity contribution in [2.75, 3.05) is 13.7 Å². The second kappa shape index (κ2) is 9.52. The van der Waals surface area contributed by atoms with E-state index in [1.807, 2.05) is 38.1 Å². The molecule has 3 rings (SSSR count). The van der Waals surface area contributed by atoms with E-state index in [0.717, 1.165) is 6.42 Å². The Morgan fingerprint density at radius 1 is 1.28 bits per heavy atom. The van der Waals surface area contributed by atoms with Gasteiger partial charge < -0.3 is 14.1 Å². The highest BCUT2D eigenvalue weighted by Crippen LogP contribution is 2.23. The maximum Gasteiger partial charge on any atom is 0.261 e. The SMILES string of the molecule is CCCC(=O)N(Cc1ccco1)C(C)c1nc2ccccc2c(=O)n1CCOC. The number of hydrogen-bond donors (Lipinski definition) is 0. The summed E-state index contributed by atoms with van der Waals surface area (Å²) in [4.78, 5) is 32.5. The molecule has 154 valence electrons. The minimum atomic E-state index is -0.409. The molecule has 0 fully saturated rings. The molecule has 0 N–H and O–H groups in total. The molecule has 1 atom stereocenters. The molecule has 7 heteroatoms. The van der Waals surface area contributed by atoms with Gasteiger partial charge in [0.25, 0.3) is 5.56 Å². The van der Waals surface area contributed by atoms with Crippen molar-refractivity contribution in [2.24, 2.45) is 0 Å². The van der Waals surface area contributed by atoms with E-state index in [4.69, 9.17) is 14.1 Å². The third kappa shape index (κ3) is 4.56. The number of rotatable bonds is 9. The lowest BCUT2D eigenvalue weighted by Crippen LogP contribution is -2.37. The van der Waals surface area contributed by atoms with E-state index >= 15 is 0 Å². The number of carbonyl (C=O) groups is 1. The Hall–Kier alpha value is -2.93. The van der Waals surface area contributed by atoms with Crippen LogP contribution in [0.3, 0.4) is 0 Å². The third-order valence-electron chi connectivity index (χ3n) is 4.94. The number of benzene rings is 1. The third-order valence-corrected chi connectivity index (χ3v) is 4.94. The monoisotopic (exact) mass is 397 g/mol. The predicted octanol–water partition coefficient (Wildman–Crippen LogP) is 3.53. The van der Waals surface area contributed by atoms with Gasteiger partial charge in [-0.15, -0.1) is 0 Å². The summed E-state index contributed by atoms with van der Waals surface area (Å²) in [6, 6.07) is 10.5. The van der Waals surface area contributed by atoms with Crippen molar-refractivity contribution in [1.29, 1.82) is 0 Å². The minimum absolute atomic E-state index is 0.00269. The summed E-state index contributed by atoms with van der Waals surface area (Å²) in [5, 5.41) is 0.553. The van der Waals surface area contributed by atoms with Gasteiger partial charge in [-0.1, -0.05) is 19.1 Å². The summed E-state index contributed by atoms with van der Waals surface area (Å²) in [5.74, 6) is 1.23. The molecule has 2 heterocycles. The summed E-state index contributed by atoms with van der Waals surface area (Å²) >= 11 is 0. The second-order valence-electron chi connectivity index (χ2n) is 6.96. The molecular weight excluding hydrogens is 370 g/mol. The molecule has 1 unspecified atom stereocenters. The first-order chi connectivity index (χ1) is 14.1. The maximum atomic E-state index is 13.1. The Kier molecular flexibility index (Phi) is 6.82. The number of hydrogen-bond acceptors (Lipinski definition) is 5. The van der Waals surface area contributed by atoms with E-state index in [2.05, 4.69) is 0 Å². The van der Waals surface area contributed by atoms with Gasteiger partial charge >= 0.3 is 0 Å². The first kappa shape index (κ1) is 20.8. The topological polar surface area (TPSA) is 77.6 Å². The van der Waals surface area contributed by atoms with E-state index < -0.39 is 6.04 Å². The zero-order chi connectivity index (χ0) is 20.8. The predicted molar refractivity (Wildman–Crippen MR) is 110 cm³/mol. The van der Waals surface area contributed by atoms with Gasteiger partial charge in [-0.3, -0.25) is 14.2 Å².